The van der Waals surface area contributed by atoms with Crippen LogP contribution >= 0.6 is 0 Å². The molecule has 0 aromatic heterocycles. The van der Waals surface area contributed by atoms with E-state index in [1.165, 1.54) is 0 Å². The molecule has 0 saturated carbocycles. The monoisotopic (exact) mass is 127 g/mol. The van der Waals surface area contributed by atoms with Crippen molar-refractivity contribution in [2.75, 3.05) is 0 Å². The summed E-state index contributed by atoms with van der Waals surface area (Å²) in [6.07, 6.45) is 2.88. The molecule has 0 saturated heterocycles. The van der Waals surface area contributed by atoms with E-state index in [0.717, 1.165) is 25.2 Å². The van der Waals surface area contributed by atoms with Crippen LogP contribution in [0, 0.1) is 5.92 Å². The third kappa shape index (κ3) is 4.19. The molecule has 0 atom stereocenters. The summed E-state index contributed by atoms with van der Waals surface area (Å²) in [6, 6.07) is 0. The molecule has 0 aromatic carbocycles. The van der Waals surface area contributed by atoms with Gasteiger partial charge in [0, 0.05) is 12.3 Å². The van der Waals surface area contributed by atoms with Gasteiger partial charge in [-0.2, -0.15) is 0 Å². The maximum atomic E-state index is 10.9. The van der Waals surface area contributed by atoms with Crippen LogP contribution in [0.25, 0.3) is 0 Å². The van der Waals surface area contributed by atoms with Crippen LogP contribution in [0.2, 0.25) is 0 Å². The smallest absolute Gasteiger partial charge is 0.139 e. The summed E-state index contributed by atoms with van der Waals surface area (Å²) < 4.78 is 0. The van der Waals surface area contributed by atoms with Gasteiger partial charge in [-0.3, -0.25) is 4.79 Å². The quantitative estimate of drug-likeness (QED) is 0.566. The van der Waals surface area contributed by atoms with Crippen molar-refractivity contribution in [3.63, 3.8) is 0 Å². The molecule has 0 unspecified atom stereocenters. The topological polar surface area (TPSA) is 17.1 Å². The molecule has 1 heteroatoms. The maximum Gasteiger partial charge on any atom is 0.139 e. The van der Waals surface area contributed by atoms with Gasteiger partial charge in [0.2, 0.25) is 0 Å². The predicted octanol–water partition coefficient (Wildman–Crippen LogP) is 2.36. The van der Waals surface area contributed by atoms with Gasteiger partial charge in [-0.15, -0.1) is 0 Å². The van der Waals surface area contributed by atoms with Gasteiger partial charge < -0.3 is 0 Å². The molecule has 0 aliphatic rings. The summed E-state index contributed by atoms with van der Waals surface area (Å²) in [5.41, 5.74) is 0. The number of unbranched alkanes of at least 4 members (excludes halogenated alkanes) is 1. The average Bonchev–Trinajstić information content (AvgIpc) is 1.82. The highest BCUT2D eigenvalue weighted by molar-refractivity contribution is 5.90. The van der Waals surface area contributed by atoms with Crippen molar-refractivity contribution < 1.29 is 4.79 Å². The molecule has 0 amide bonds. The van der Waals surface area contributed by atoms with Crippen molar-refractivity contribution in [3.8, 4) is 0 Å². The van der Waals surface area contributed by atoms with E-state index in [9.17, 15) is 4.79 Å². The number of Topliss-reactive ketones (excluding diaryl/α,β-unsaturated/α-hetero) is 1. The van der Waals surface area contributed by atoms with E-state index in [-0.39, 0.29) is 0 Å². The minimum Gasteiger partial charge on any atom is -0.299 e. The molecule has 0 spiro atoms. The van der Waals surface area contributed by atoms with Crippen molar-refractivity contribution in [1.29, 1.82) is 0 Å². The first-order valence-electron chi connectivity index (χ1n) is 3.51. The second kappa shape index (κ2) is 4.54. The van der Waals surface area contributed by atoms with E-state index in [0.29, 0.717) is 5.78 Å². The maximum absolute atomic E-state index is 10.9. The molecule has 0 heterocycles. The molecule has 53 valence electrons. The van der Waals surface area contributed by atoms with E-state index in [2.05, 4.69) is 6.92 Å². The van der Waals surface area contributed by atoms with Crippen molar-refractivity contribution in [3.05, 3.63) is 5.92 Å². The van der Waals surface area contributed by atoms with Crippen molar-refractivity contribution in [2.24, 2.45) is 0 Å². The van der Waals surface area contributed by atoms with Gasteiger partial charge in [0.1, 0.15) is 5.78 Å². The lowest BCUT2D eigenvalue weighted by molar-refractivity contribution is -0.117. The van der Waals surface area contributed by atoms with Crippen LogP contribution in [0.5, 0.6) is 0 Å². The number of carbonyl (C=O) groups is 1. The molecule has 0 aliphatic heterocycles. The van der Waals surface area contributed by atoms with Crippen LogP contribution in [-0.4, -0.2) is 5.78 Å². The molecule has 9 heavy (non-hydrogen) atoms. The zero-order valence-electron chi connectivity index (χ0n) is 6.53. The lowest BCUT2D eigenvalue weighted by Crippen LogP contribution is -2.03. The Bertz CT molecular complexity index is 84.6. The Morgan fingerprint density at radius 2 is 1.89 bits per heavy atom. The third-order valence-corrected chi connectivity index (χ3v) is 1.32. The van der Waals surface area contributed by atoms with Gasteiger partial charge in [0.15, 0.2) is 0 Å². The molecule has 0 N–H and O–H groups in total. The standard InChI is InChI=1S/C8H15O/c1-4-5-6-8(9)7(2)3/h4-6H2,1-3H3. The largest absolute Gasteiger partial charge is 0.299 e. The first kappa shape index (κ1) is 8.67. The summed E-state index contributed by atoms with van der Waals surface area (Å²) in [6.45, 7) is 5.84. The number of hydrogen-bond donors (Lipinski definition) is 0. The van der Waals surface area contributed by atoms with E-state index in [1.54, 1.807) is 0 Å². The Morgan fingerprint density at radius 1 is 1.33 bits per heavy atom. The van der Waals surface area contributed by atoms with Crippen LogP contribution in [0.1, 0.15) is 40.0 Å². The number of hydrogen-bond acceptors (Lipinski definition) is 1. The number of ketones is 1. The minimum absolute atomic E-state index is 0.317. The summed E-state index contributed by atoms with van der Waals surface area (Å²) >= 11 is 0. The second-order valence-corrected chi connectivity index (χ2v) is 2.53. The van der Waals surface area contributed by atoms with Crippen LogP contribution in [0.3, 0.4) is 0 Å². The summed E-state index contributed by atoms with van der Waals surface area (Å²) in [5, 5.41) is 0. The molecule has 0 aromatic rings. The molecular weight excluding hydrogens is 112 g/mol. The molecule has 1 radical (unpaired) electrons. The van der Waals surface area contributed by atoms with E-state index >= 15 is 0 Å². The molecule has 0 rings (SSSR count). The summed E-state index contributed by atoms with van der Waals surface area (Å²) in [7, 11) is 0. The summed E-state index contributed by atoms with van der Waals surface area (Å²) in [5.74, 6) is 1.25. The van der Waals surface area contributed by atoms with Gasteiger partial charge in [-0.1, -0.05) is 27.2 Å². The Labute approximate surface area is 57.5 Å². The van der Waals surface area contributed by atoms with Gasteiger partial charge >= 0.3 is 0 Å². The molecule has 0 aliphatic carbocycles. The highest BCUT2D eigenvalue weighted by Crippen LogP contribution is 2.04. The number of carbonyl (C=O) groups excluding carboxylic acids is 1. The molecule has 1 nitrogen and oxygen atoms in total. The number of rotatable bonds is 4. The fourth-order valence-corrected chi connectivity index (χ4v) is 0.587. The van der Waals surface area contributed by atoms with Crippen molar-refractivity contribution >= 4 is 5.78 Å². The highest BCUT2D eigenvalue weighted by atomic mass is 16.1. The van der Waals surface area contributed by atoms with Crippen molar-refractivity contribution in [2.45, 2.75) is 40.0 Å². The lowest BCUT2D eigenvalue weighted by atomic mass is 10.0. The fraction of sp³-hybridized carbons (Fsp3) is 0.750. The molecular formula is C8H15O. The zero-order valence-corrected chi connectivity index (χ0v) is 6.53. The Balaban J connectivity index is 3.28. The first-order valence-corrected chi connectivity index (χ1v) is 3.51. The third-order valence-electron chi connectivity index (χ3n) is 1.32. The van der Waals surface area contributed by atoms with Crippen LogP contribution in [0.15, 0.2) is 0 Å². The Hall–Kier alpha value is -0.330. The molecule has 0 fully saturated rings. The van der Waals surface area contributed by atoms with Gasteiger partial charge in [-0.05, 0) is 6.42 Å². The van der Waals surface area contributed by atoms with E-state index in [1.807, 2.05) is 13.8 Å². The fourth-order valence-electron chi connectivity index (χ4n) is 0.587. The van der Waals surface area contributed by atoms with E-state index in [4.69, 9.17) is 0 Å². The average molecular weight is 127 g/mol. The van der Waals surface area contributed by atoms with Gasteiger partial charge in [0.05, 0.1) is 0 Å². The minimum atomic E-state index is 0.317. The predicted molar refractivity (Wildman–Crippen MR) is 39.1 cm³/mol. The summed E-state index contributed by atoms with van der Waals surface area (Å²) in [4.78, 5) is 10.9. The Morgan fingerprint density at radius 3 is 2.22 bits per heavy atom. The van der Waals surface area contributed by atoms with Crippen LogP contribution in [-0.2, 0) is 4.79 Å². The Kier molecular flexibility index (Phi) is 4.37. The van der Waals surface area contributed by atoms with E-state index < -0.39 is 0 Å². The highest BCUT2D eigenvalue weighted by Gasteiger charge is 2.05. The lowest BCUT2D eigenvalue weighted by Gasteiger charge is -1.99. The van der Waals surface area contributed by atoms with Gasteiger partial charge in [-0.25, -0.2) is 0 Å². The normalized spacial score (nSPS) is 10.2. The zero-order chi connectivity index (χ0) is 7.28. The molecule has 0 bridgehead atoms. The second-order valence-electron chi connectivity index (χ2n) is 2.53. The SMILES string of the molecule is CCCCC(=O)[C](C)C. The van der Waals surface area contributed by atoms with Crippen LogP contribution in [0.4, 0.5) is 0 Å². The van der Waals surface area contributed by atoms with Crippen LogP contribution < -0.4 is 0 Å². The van der Waals surface area contributed by atoms with Crippen molar-refractivity contribution in [1.82, 2.24) is 0 Å². The van der Waals surface area contributed by atoms with Gasteiger partial charge in [0.25, 0.3) is 0 Å². The first-order chi connectivity index (χ1) is 4.18.